The van der Waals surface area contributed by atoms with Crippen LogP contribution in [-0.4, -0.2) is 25.9 Å². The third-order valence-electron chi connectivity index (χ3n) is 2.15. The number of hydrogen-bond donors (Lipinski definition) is 1. The van der Waals surface area contributed by atoms with Crippen LogP contribution in [0.4, 0.5) is 0 Å². The Kier molecular flexibility index (Phi) is 3.77. The molecular weight excluding hydrogens is 180 g/mol. The van der Waals surface area contributed by atoms with Crippen molar-refractivity contribution in [1.82, 2.24) is 0 Å². The molecule has 3 nitrogen and oxygen atoms in total. The van der Waals surface area contributed by atoms with E-state index in [1.54, 1.807) is 14.2 Å². The van der Waals surface area contributed by atoms with Crippen molar-refractivity contribution < 1.29 is 14.6 Å². The summed E-state index contributed by atoms with van der Waals surface area (Å²) < 4.78 is 10.4. The molecule has 0 aliphatic carbocycles. The lowest BCUT2D eigenvalue weighted by Crippen LogP contribution is -1.99. The summed E-state index contributed by atoms with van der Waals surface area (Å²) in [5.74, 6) is 1.63. The van der Waals surface area contributed by atoms with E-state index in [2.05, 4.69) is 0 Å². The number of aliphatic hydroxyl groups is 1. The maximum absolute atomic E-state index is 8.90. The number of rotatable bonds is 4. The van der Waals surface area contributed by atoms with Crippen LogP contribution in [0.3, 0.4) is 0 Å². The first-order valence-electron chi connectivity index (χ1n) is 4.55. The Bertz CT molecular complexity index is 308. The average molecular weight is 196 g/mol. The molecule has 1 rings (SSSR count). The van der Waals surface area contributed by atoms with Gasteiger partial charge < -0.3 is 14.6 Å². The molecule has 14 heavy (non-hydrogen) atoms. The van der Waals surface area contributed by atoms with Crippen molar-refractivity contribution in [2.24, 2.45) is 0 Å². The highest BCUT2D eigenvalue weighted by molar-refractivity contribution is 5.46. The summed E-state index contributed by atoms with van der Waals surface area (Å²) in [7, 11) is 3.26. The van der Waals surface area contributed by atoms with E-state index in [-0.39, 0.29) is 6.61 Å². The maximum atomic E-state index is 8.90. The largest absolute Gasteiger partial charge is 0.497 e. The first-order chi connectivity index (χ1) is 6.72. The zero-order valence-corrected chi connectivity index (χ0v) is 8.83. The molecule has 0 atom stereocenters. The predicted molar refractivity (Wildman–Crippen MR) is 55.1 cm³/mol. The molecule has 1 N–H and O–H groups in total. The van der Waals surface area contributed by atoms with Crippen molar-refractivity contribution >= 4 is 0 Å². The first-order valence-corrected chi connectivity index (χ1v) is 4.55. The maximum Gasteiger partial charge on any atom is 0.125 e. The second kappa shape index (κ2) is 4.86. The third-order valence-corrected chi connectivity index (χ3v) is 2.15. The van der Waals surface area contributed by atoms with E-state index < -0.39 is 0 Å². The highest BCUT2D eigenvalue weighted by Crippen LogP contribution is 2.28. The summed E-state index contributed by atoms with van der Waals surface area (Å²) in [6.45, 7) is 2.07. The molecule has 1 aromatic rings. The third kappa shape index (κ3) is 2.17. The summed E-state index contributed by atoms with van der Waals surface area (Å²) in [5.41, 5.74) is 2.00. The second-order valence-corrected chi connectivity index (χ2v) is 3.11. The summed E-state index contributed by atoms with van der Waals surface area (Å²) in [6, 6.07) is 3.81. The van der Waals surface area contributed by atoms with Crippen LogP contribution < -0.4 is 9.47 Å². The Balaban J connectivity index is 3.13. The van der Waals surface area contributed by atoms with E-state index in [4.69, 9.17) is 14.6 Å². The van der Waals surface area contributed by atoms with E-state index in [9.17, 15) is 0 Å². The minimum atomic E-state index is 0.114. The van der Waals surface area contributed by atoms with Gasteiger partial charge in [-0.05, 0) is 31.0 Å². The number of aliphatic hydroxyl groups excluding tert-OH is 1. The van der Waals surface area contributed by atoms with Crippen LogP contribution >= 0.6 is 0 Å². The topological polar surface area (TPSA) is 38.7 Å². The first kappa shape index (κ1) is 10.9. The lowest BCUT2D eigenvalue weighted by atomic mass is 10.1. The number of hydrogen-bond acceptors (Lipinski definition) is 3. The molecule has 0 unspecified atom stereocenters. The molecule has 0 saturated carbocycles. The van der Waals surface area contributed by atoms with Gasteiger partial charge in [0.05, 0.1) is 14.2 Å². The fourth-order valence-electron chi connectivity index (χ4n) is 1.53. The summed E-state index contributed by atoms with van der Waals surface area (Å²) >= 11 is 0. The van der Waals surface area contributed by atoms with Gasteiger partial charge in [-0.2, -0.15) is 0 Å². The van der Waals surface area contributed by atoms with Gasteiger partial charge in [-0.1, -0.05) is 0 Å². The van der Waals surface area contributed by atoms with E-state index in [0.29, 0.717) is 6.42 Å². The van der Waals surface area contributed by atoms with Gasteiger partial charge in [-0.3, -0.25) is 0 Å². The fraction of sp³-hybridized carbons (Fsp3) is 0.455. The van der Waals surface area contributed by atoms with Crippen LogP contribution in [0.15, 0.2) is 12.1 Å². The normalized spacial score (nSPS) is 10.0. The van der Waals surface area contributed by atoms with Gasteiger partial charge in [-0.25, -0.2) is 0 Å². The van der Waals surface area contributed by atoms with Gasteiger partial charge in [0.25, 0.3) is 0 Å². The van der Waals surface area contributed by atoms with Gasteiger partial charge in [0.15, 0.2) is 0 Å². The number of benzene rings is 1. The van der Waals surface area contributed by atoms with Crippen LogP contribution in [-0.2, 0) is 6.42 Å². The Hall–Kier alpha value is -1.22. The SMILES string of the molecule is COc1cc(C)c(OC)c(CCO)c1. The molecule has 0 aliphatic heterocycles. The highest BCUT2D eigenvalue weighted by atomic mass is 16.5. The van der Waals surface area contributed by atoms with Crippen LogP contribution in [0.5, 0.6) is 11.5 Å². The molecule has 0 aromatic heterocycles. The lowest BCUT2D eigenvalue weighted by Gasteiger charge is -2.12. The molecule has 3 heteroatoms. The fourth-order valence-corrected chi connectivity index (χ4v) is 1.53. The van der Waals surface area contributed by atoms with E-state index in [1.165, 1.54) is 0 Å². The van der Waals surface area contributed by atoms with Gasteiger partial charge in [0.2, 0.25) is 0 Å². The monoisotopic (exact) mass is 196 g/mol. The summed E-state index contributed by atoms with van der Waals surface area (Å²) in [6.07, 6.45) is 0.585. The minimum absolute atomic E-state index is 0.114. The van der Waals surface area contributed by atoms with E-state index in [0.717, 1.165) is 22.6 Å². The molecule has 0 bridgehead atoms. The lowest BCUT2D eigenvalue weighted by molar-refractivity contribution is 0.296. The van der Waals surface area contributed by atoms with Crippen LogP contribution in [0.2, 0.25) is 0 Å². The van der Waals surface area contributed by atoms with Gasteiger partial charge in [0.1, 0.15) is 11.5 Å². The van der Waals surface area contributed by atoms with Gasteiger partial charge in [0, 0.05) is 12.2 Å². The van der Waals surface area contributed by atoms with Crippen molar-refractivity contribution in [3.63, 3.8) is 0 Å². The molecule has 0 radical (unpaired) electrons. The van der Waals surface area contributed by atoms with Crippen molar-refractivity contribution in [3.05, 3.63) is 23.3 Å². The quantitative estimate of drug-likeness (QED) is 0.794. The molecule has 0 spiro atoms. The molecule has 1 aromatic carbocycles. The zero-order chi connectivity index (χ0) is 10.6. The Morgan fingerprint density at radius 1 is 1.21 bits per heavy atom. The molecule has 0 aliphatic rings. The molecule has 0 fully saturated rings. The Morgan fingerprint density at radius 2 is 1.93 bits per heavy atom. The van der Waals surface area contributed by atoms with Crippen LogP contribution in [0.25, 0.3) is 0 Å². The predicted octanol–water partition coefficient (Wildman–Crippen LogP) is 1.55. The highest BCUT2D eigenvalue weighted by Gasteiger charge is 2.08. The zero-order valence-electron chi connectivity index (χ0n) is 8.83. The second-order valence-electron chi connectivity index (χ2n) is 3.11. The van der Waals surface area contributed by atoms with E-state index in [1.807, 2.05) is 19.1 Å². The van der Waals surface area contributed by atoms with Crippen molar-refractivity contribution in [2.75, 3.05) is 20.8 Å². The summed E-state index contributed by atoms with van der Waals surface area (Å²) in [4.78, 5) is 0. The molecular formula is C11H16O3. The van der Waals surface area contributed by atoms with E-state index >= 15 is 0 Å². The molecule has 0 saturated heterocycles. The van der Waals surface area contributed by atoms with Gasteiger partial charge in [-0.15, -0.1) is 0 Å². The number of methoxy groups -OCH3 is 2. The average Bonchev–Trinajstić information content (AvgIpc) is 2.18. The smallest absolute Gasteiger partial charge is 0.125 e. The number of aryl methyl sites for hydroxylation is 1. The standard InChI is InChI=1S/C11H16O3/c1-8-6-10(13-2)7-9(4-5-12)11(8)14-3/h6-7,12H,4-5H2,1-3H3. The van der Waals surface area contributed by atoms with Crippen molar-refractivity contribution in [2.45, 2.75) is 13.3 Å². The van der Waals surface area contributed by atoms with Crippen molar-refractivity contribution in [1.29, 1.82) is 0 Å². The van der Waals surface area contributed by atoms with Crippen LogP contribution in [0.1, 0.15) is 11.1 Å². The molecule has 0 amide bonds. The van der Waals surface area contributed by atoms with Crippen LogP contribution in [0, 0.1) is 6.92 Å². The molecule has 78 valence electrons. The Labute approximate surface area is 84.3 Å². The number of ether oxygens (including phenoxy) is 2. The Morgan fingerprint density at radius 3 is 2.43 bits per heavy atom. The summed E-state index contributed by atoms with van der Waals surface area (Å²) in [5, 5.41) is 8.90. The minimum Gasteiger partial charge on any atom is -0.497 e. The van der Waals surface area contributed by atoms with Crippen molar-refractivity contribution in [3.8, 4) is 11.5 Å². The van der Waals surface area contributed by atoms with Gasteiger partial charge >= 0.3 is 0 Å². The molecule has 0 heterocycles.